The number of carbonyl (C=O) groups is 1. The molecule has 25 heavy (non-hydrogen) atoms. The molecule has 136 valence electrons. The summed E-state index contributed by atoms with van der Waals surface area (Å²) in [7, 11) is 0. The van der Waals surface area contributed by atoms with Crippen molar-refractivity contribution >= 4 is 5.97 Å². The van der Waals surface area contributed by atoms with E-state index in [2.05, 4.69) is 29.6 Å². The Labute approximate surface area is 148 Å². The van der Waals surface area contributed by atoms with Crippen LogP contribution in [0.1, 0.15) is 11.1 Å². The molecule has 0 fully saturated rings. The van der Waals surface area contributed by atoms with Gasteiger partial charge in [-0.25, -0.2) is 0 Å². The zero-order chi connectivity index (χ0) is 18.3. The number of hydrogen-bond acceptors (Lipinski definition) is 5. The quantitative estimate of drug-likeness (QED) is 0.547. The van der Waals surface area contributed by atoms with Gasteiger partial charge in [0.1, 0.15) is 6.04 Å². The van der Waals surface area contributed by atoms with Crippen molar-refractivity contribution in [3.05, 3.63) is 71.8 Å². The molecule has 1 unspecified atom stereocenters. The second-order valence-corrected chi connectivity index (χ2v) is 5.28. The van der Waals surface area contributed by atoms with Crippen LogP contribution >= 0.6 is 0 Å². The molecule has 0 heterocycles. The summed E-state index contributed by atoms with van der Waals surface area (Å²) in [6.07, 6.45) is 0. The highest BCUT2D eigenvalue weighted by Crippen LogP contribution is 2.05. The molecule has 0 spiro atoms. The van der Waals surface area contributed by atoms with E-state index in [1.807, 2.05) is 36.4 Å². The van der Waals surface area contributed by atoms with Crippen molar-refractivity contribution in [1.82, 2.24) is 5.32 Å². The van der Waals surface area contributed by atoms with Crippen LogP contribution in [0.4, 0.5) is 0 Å². The van der Waals surface area contributed by atoms with Crippen molar-refractivity contribution in [2.24, 2.45) is 5.73 Å². The average molecular weight is 346 g/mol. The fourth-order valence-corrected chi connectivity index (χ4v) is 1.92. The lowest BCUT2D eigenvalue weighted by atomic mass is 10.2. The molecule has 0 aliphatic carbocycles. The zero-order valence-corrected chi connectivity index (χ0v) is 14.2. The van der Waals surface area contributed by atoms with E-state index in [4.69, 9.17) is 20.7 Å². The van der Waals surface area contributed by atoms with Gasteiger partial charge in [0.2, 0.25) is 0 Å². The number of aliphatic hydroxyl groups excluding tert-OH is 1. The van der Waals surface area contributed by atoms with Gasteiger partial charge in [-0.2, -0.15) is 0 Å². The molecule has 0 aliphatic heterocycles. The molecule has 2 aromatic rings. The molecular weight excluding hydrogens is 320 g/mol. The van der Waals surface area contributed by atoms with E-state index in [0.29, 0.717) is 26.3 Å². The highest BCUT2D eigenvalue weighted by Gasteiger charge is 2.13. The molecule has 5 N–H and O–H groups in total. The van der Waals surface area contributed by atoms with Gasteiger partial charge in [-0.05, 0) is 11.1 Å². The Bertz CT molecular complexity index is 539. The fourth-order valence-electron chi connectivity index (χ4n) is 1.92. The summed E-state index contributed by atoms with van der Waals surface area (Å²) in [4.78, 5) is 10.2. The summed E-state index contributed by atoms with van der Waals surface area (Å²) in [5.74, 6) is -1.06. The first-order valence-corrected chi connectivity index (χ1v) is 8.10. The van der Waals surface area contributed by atoms with Gasteiger partial charge in [-0.3, -0.25) is 4.79 Å². The molecule has 0 radical (unpaired) electrons. The van der Waals surface area contributed by atoms with E-state index >= 15 is 0 Å². The Kier molecular flexibility index (Phi) is 10.9. The minimum Gasteiger partial charge on any atom is -0.480 e. The van der Waals surface area contributed by atoms with Crippen LogP contribution < -0.4 is 11.1 Å². The smallest absolute Gasteiger partial charge is 0.323 e. The number of aliphatic hydroxyl groups is 1. The summed E-state index contributed by atoms with van der Waals surface area (Å²) in [5.41, 5.74) is 7.53. The minimum absolute atomic E-state index is 0.365. The number of aliphatic carboxylic acids is 1. The van der Waals surface area contributed by atoms with Gasteiger partial charge in [0, 0.05) is 13.1 Å². The summed E-state index contributed by atoms with van der Waals surface area (Å²) in [6, 6.07) is 19.6. The highest BCUT2D eigenvalue weighted by atomic mass is 16.5. The Balaban J connectivity index is 0.000000275. The fraction of sp³-hybridized carbons (Fsp3) is 0.316. The maximum Gasteiger partial charge on any atom is 0.323 e. The van der Waals surface area contributed by atoms with E-state index in [1.165, 1.54) is 11.1 Å². The van der Waals surface area contributed by atoms with Crippen molar-refractivity contribution in [1.29, 1.82) is 0 Å². The Morgan fingerprint density at radius 2 is 1.48 bits per heavy atom. The van der Waals surface area contributed by atoms with E-state index in [9.17, 15) is 4.79 Å². The van der Waals surface area contributed by atoms with Crippen LogP contribution in [0.25, 0.3) is 0 Å². The second kappa shape index (κ2) is 13.1. The van der Waals surface area contributed by atoms with E-state index in [-0.39, 0.29) is 0 Å². The monoisotopic (exact) mass is 346 g/mol. The van der Waals surface area contributed by atoms with Crippen molar-refractivity contribution in [3.63, 3.8) is 0 Å². The van der Waals surface area contributed by atoms with Crippen molar-refractivity contribution in [3.8, 4) is 0 Å². The second-order valence-electron chi connectivity index (χ2n) is 5.28. The van der Waals surface area contributed by atoms with Gasteiger partial charge in [-0.15, -0.1) is 0 Å². The van der Waals surface area contributed by atoms with Crippen LogP contribution in [0.3, 0.4) is 0 Å². The third-order valence-electron chi connectivity index (χ3n) is 3.24. The van der Waals surface area contributed by atoms with E-state index in [1.54, 1.807) is 0 Å². The first-order chi connectivity index (χ1) is 12.2. The molecule has 0 saturated heterocycles. The Morgan fingerprint density at radius 1 is 1.00 bits per heavy atom. The summed E-state index contributed by atoms with van der Waals surface area (Å²) in [6.45, 7) is 1.71. The number of carboxylic acid groups (broad SMARTS) is 1. The lowest BCUT2D eigenvalue weighted by Gasteiger charge is -2.09. The molecular formula is C19H26N2O4. The van der Waals surface area contributed by atoms with Gasteiger partial charge in [0.05, 0.1) is 19.8 Å². The molecule has 2 aromatic carbocycles. The third-order valence-corrected chi connectivity index (χ3v) is 3.24. The summed E-state index contributed by atoms with van der Waals surface area (Å²) < 4.78 is 5.61. The molecule has 6 heteroatoms. The molecule has 0 aliphatic rings. The predicted molar refractivity (Wildman–Crippen MR) is 96.9 cm³/mol. The molecule has 1 atom stereocenters. The van der Waals surface area contributed by atoms with Gasteiger partial charge >= 0.3 is 5.97 Å². The third kappa shape index (κ3) is 9.59. The number of rotatable bonds is 9. The van der Waals surface area contributed by atoms with Crippen LogP contribution in [0.5, 0.6) is 0 Å². The van der Waals surface area contributed by atoms with Gasteiger partial charge < -0.3 is 26.0 Å². The van der Waals surface area contributed by atoms with Crippen LogP contribution in [0, 0.1) is 0 Å². The lowest BCUT2D eigenvalue weighted by molar-refractivity contribution is -0.140. The predicted octanol–water partition coefficient (Wildman–Crippen LogP) is 1.38. The van der Waals surface area contributed by atoms with E-state index in [0.717, 1.165) is 0 Å². The molecule has 0 saturated carbocycles. The standard InChI is InChI=1S/C14H14O.C5H12N2O3/c1-3-7-13(8-4-1)11-15-12-14-9-5-2-6-10-14;6-1-2-7-4(3-8)5(9)10/h1-10H,11-12H2;4,7-8H,1-3,6H2,(H,9,10). The normalized spacial score (nSPS) is 11.3. The summed E-state index contributed by atoms with van der Waals surface area (Å²) >= 11 is 0. The number of ether oxygens (including phenoxy) is 1. The number of nitrogens with two attached hydrogens (primary N) is 1. The largest absolute Gasteiger partial charge is 0.480 e. The summed E-state index contributed by atoms with van der Waals surface area (Å²) in [5, 5.41) is 19.3. The van der Waals surface area contributed by atoms with Gasteiger partial charge in [0.25, 0.3) is 0 Å². The topological polar surface area (TPSA) is 105 Å². The maximum atomic E-state index is 10.2. The molecule has 0 bridgehead atoms. The maximum absolute atomic E-state index is 10.2. The van der Waals surface area contributed by atoms with Crippen LogP contribution in [0.2, 0.25) is 0 Å². The van der Waals surface area contributed by atoms with Gasteiger partial charge in [-0.1, -0.05) is 60.7 Å². The van der Waals surface area contributed by atoms with Crippen molar-refractivity contribution in [2.75, 3.05) is 19.7 Å². The number of hydrogen-bond donors (Lipinski definition) is 4. The van der Waals surface area contributed by atoms with Crippen LogP contribution in [-0.4, -0.2) is 41.9 Å². The number of nitrogens with one attached hydrogen (secondary N) is 1. The molecule has 6 nitrogen and oxygen atoms in total. The Morgan fingerprint density at radius 3 is 1.84 bits per heavy atom. The van der Waals surface area contributed by atoms with Crippen molar-refractivity contribution < 1.29 is 19.7 Å². The zero-order valence-electron chi connectivity index (χ0n) is 14.2. The Hall–Kier alpha value is -2.25. The van der Waals surface area contributed by atoms with E-state index < -0.39 is 18.6 Å². The minimum atomic E-state index is -1.06. The molecule has 2 rings (SSSR count). The van der Waals surface area contributed by atoms with Crippen molar-refractivity contribution in [2.45, 2.75) is 19.3 Å². The highest BCUT2D eigenvalue weighted by molar-refractivity contribution is 5.73. The number of benzene rings is 2. The first kappa shape index (κ1) is 20.8. The van der Waals surface area contributed by atoms with Gasteiger partial charge in [0.15, 0.2) is 0 Å². The molecule has 0 amide bonds. The average Bonchev–Trinajstić information content (AvgIpc) is 2.64. The SMILES string of the molecule is NCCNC(CO)C(=O)O.c1ccc(COCc2ccccc2)cc1. The lowest BCUT2D eigenvalue weighted by Crippen LogP contribution is -2.41. The van der Waals surface area contributed by atoms with Crippen LogP contribution in [-0.2, 0) is 22.7 Å². The van der Waals surface area contributed by atoms with Crippen LogP contribution in [0.15, 0.2) is 60.7 Å². The molecule has 0 aromatic heterocycles. The first-order valence-electron chi connectivity index (χ1n) is 8.10. The number of carboxylic acids is 1.